The molecule has 0 radical (unpaired) electrons. The van der Waals surface area contributed by atoms with Gasteiger partial charge in [-0.3, -0.25) is 0 Å². The molecule has 0 aliphatic carbocycles. The molecule has 0 aromatic rings. The number of aliphatic hydroxyl groups is 3. The molecular formula is C18H36O3. The Bertz CT molecular complexity index is 249. The van der Waals surface area contributed by atoms with E-state index in [0.29, 0.717) is 12.8 Å². The molecule has 0 unspecified atom stereocenters. The molecule has 0 heterocycles. The SMILES string of the molecule is CCCCCCCCC(O)=C(O)CCCCCCCCO. The first kappa shape index (κ1) is 20.3. The van der Waals surface area contributed by atoms with Gasteiger partial charge in [-0.2, -0.15) is 0 Å². The number of allylic oxidation sites excluding steroid dienone is 2. The Hall–Kier alpha value is -0.700. The summed E-state index contributed by atoms with van der Waals surface area (Å²) in [5.41, 5.74) is 0. The van der Waals surface area contributed by atoms with E-state index in [9.17, 15) is 10.2 Å². The molecule has 0 atom stereocenters. The minimum Gasteiger partial charge on any atom is -0.509 e. The zero-order valence-electron chi connectivity index (χ0n) is 13.9. The van der Waals surface area contributed by atoms with Crippen LogP contribution in [0.5, 0.6) is 0 Å². The Balaban J connectivity index is 3.50. The first-order valence-electron chi connectivity index (χ1n) is 8.93. The molecule has 0 aromatic heterocycles. The average molecular weight is 300 g/mol. The number of hydrogen-bond acceptors (Lipinski definition) is 3. The summed E-state index contributed by atoms with van der Waals surface area (Å²) in [4.78, 5) is 0. The van der Waals surface area contributed by atoms with E-state index in [1.165, 1.54) is 25.7 Å². The molecule has 0 fully saturated rings. The molecule has 0 saturated carbocycles. The minimum absolute atomic E-state index is 0.193. The monoisotopic (exact) mass is 300 g/mol. The molecule has 3 heteroatoms. The van der Waals surface area contributed by atoms with Crippen molar-refractivity contribution in [3.05, 3.63) is 11.5 Å². The predicted octanol–water partition coefficient (Wildman–Crippen LogP) is 5.79. The number of aliphatic hydroxyl groups excluding tert-OH is 3. The standard InChI is InChI=1S/C18H36O3/c1-2-3-4-5-8-11-14-17(20)18(21)15-12-9-6-7-10-13-16-19/h19-21H,2-16H2,1H3. The van der Waals surface area contributed by atoms with Gasteiger partial charge in [0.25, 0.3) is 0 Å². The largest absolute Gasteiger partial charge is 0.509 e. The molecule has 21 heavy (non-hydrogen) atoms. The molecule has 0 spiro atoms. The van der Waals surface area contributed by atoms with Gasteiger partial charge in [0.2, 0.25) is 0 Å². The van der Waals surface area contributed by atoms with Crippen molar-refractivity contribution in [2.45, 2.75) is 96.8 Å². The van der Waals surface area contributed by atoms with Crippen LogP contribution in [-0.4, -0.2) is 21.9 Å². The summed E-state index contributed by atoms with van der Waals surface area (Å²) in [5.74, 6) is 0.393. The predicted molar refractivity (Wildman–Crippen MR) is 89.7 cm³/mol. The maximum atomic E-state index is 9.80. The topological polar surface area (TPSA) is 60.7 Å². The van der Waals surface area contributed by atoms with Crippen molar-refractivity contribution in [3.8, 4) is 0 Å². The van der Waals surface area contributed by atoms with Crippen LogP contribution in [0.1, 0.15) is 96.8 Å². The maximum Gasteiger partial charge on any atom is 0.129 e. The van der Waals surface area contributed by atoms with Crippen molar-refractivity contribution in [3.63, 3.8) is 0 Å². The number of unbranched alkanes of at least 4 members (excludes halogenated alkanes) is 10. The van der Waals surface area contributed by atoms with E-state index in [4.69, 9.17) is 5.11 Å². The summed E-state index contributed by atoms with van der Waals surface area (Å²) in [6.45, 7) is 2.50. The van der Waals surface area contributed by atoms with Gasteiger partial charge in [0, 0.05) is 19.4 Å². The van der Waals surface area contributed by atoms with Crippen molar-refractivity contribution in [2.24, 2.45) is 0 Å². The van der Waals surface area contributed by atoms with E-state index < -0.39 is 0 Å². The zero-order chi connectivity index (χ0) is 15.8. The van der Waals surface area contributed by atoms with Crippen LogP contribution in [0.15, 0.2) is 11.5 Å². The smallest absolute Gasteiger partial charge is 0.129 e. The van der Waals surface area contributed by atoms with E-state index in [1.807, 2.05) is 0 Å². The van der Waals surface area contributed by atoms with Crippen LogP contribution in [-0.2, 0) is 0 Å². The van der Waals surface area contributed by atoms with E-state index >= 15 is 0 Å². The van der Waals surface area contributed by atoms with Gasteiger partial charge in [-0.15, -0.1) is 0 Å². The highest BCUT2D eigenvalue weighted by Crippen LogP contribution is 2.16. The lowest BCUT2D eigenvalue weighted by atomic mass is 10.1. The summed E-state index contributed by atoms with van der Waals surface area (Å²) in [5, 5.41) is 28.3. The fourth-order valence-electron chi connectivity index (χ4n) is 2.47. The van der Waals surface area contributed by atoms with E-state index in [1.54, 1.807) is 0 Å². The molecule has 0 rings (SSSR count). The third kappa shape index (κ3) is 14.0. The highest BCUT2D eigenvalue weighted by atomic mass is 16.3. The minimum atomic E-state index is 0.193. The number of hydrogen-bond donors (Lipinski definition) is 3. The highest BCUT2D eigenvalue weighted by Gasteiger charge is 2.04. The third-order valence-electron chi connectivity index (χ3n) is 3.92. The van der Waals surface area contributed by atoms with E-state index in [0.717, 1.165) is 51.4 Å². The van der Waals surface area contributed by atoms with Gasteiger partial charge < -0.3 is 15.3 Å². The van der Waals surface area contributed by atoms with Crippen LogP contribution in [0, 0.1) is 0 Å². The summed E-state index contributed by atoms with van der Waals surface area (Å²) >= 11 is 0. The van der Waals surface area contributed by atoms with Gasteiger partial charge in [-0.25, -0.2) is 0 Å². The Morgan fingerprint density at radius 3 is 1.38 bits per heavy atom. The van der Waals surface area contributed by atoms with Crippen molar-refractivity contribution in [2.75, 3.05) is 6.61 Å². The average Bonchev–Trinajstić information content (AvgIpc) is 2.49. The summed E-state index contributed by atoms with van der Waals surface area (Å²) < 4.78 is 0. The van der Waals surface area contributed by atoms with Gasteiger partial charge in [0.05, 0.1) is 0 Å². The van der Waals surface area contributed by atoms with Gasteiger partial charge >= 0.3 is 0 Å². The first-order valence-corrected chi connectivity index (χ1v) is 8.93. The molecule has 0 aliphatic heterocycles. The van der Waals surface area contributed by atoms with E-state index in [2.05, 4.69) is 6.92 Å². The normalized spacial score (nSPS) is 12.5. The molecule has 0 saturated heterocycles. The molecule has 0 aliphatic rings. The van der Waals surface area contributed by atoms with Crippen LogP contribution < -0.4 is 0 Å². The lowest BCUT2D eigenvalue weighted by molar-refractivity contribution is 0.281. The van der Waals surface area contributed by atoms with Crippen molar-refractivity contribution < 1.29 is 15.3 Å². The lowest BCUT2D eigenvalue weighted by Crippen LogP contribution is -1.93. The summed E-state index contributed by atoms with van der Waals surface area (Å²) in [7, 11) is 0. The second-order valence-corrected chi connectivity index (χ2v) is 6.01. The van der Waals surface area contributed by atoms with Crippen LogP contribution in [0.3, 0.4) is 0 Å². The van der Waals surface area contributed by atoms with Crippen molar-refractivity contribution >= 4 is 0 Å². The zero-order valence-corrected chi connectivity index (χ0v) is 13.9. The lowest BCUT2D eigenvalue weighted by Gasteiger charge is -2.06. The molecule has 3 N–H and O–H groups in total. The highest BCUT2D eigenvalue weighted by molar-refractivity contribution is 4.98. The Morgan fingerprint density at radius 2 is 0.952 bits per heavy atom. The molecular weight excluding hydrogens is 264 g/mol. The van der Waals surface area contributed by atoms with Crippen LogP contribution in [0.25, 0.3) is 0 Å². The second kappa shape index (κ2) is 15.7. The van der Waals surface area contributed by atoms with Gasteiger partial charge in [0.15, 0.2) is 0 Å². The molecule has 126 valence electrons. The van der Waals surface area contributed by atoms with Gasteiger partial charge in [-0.05, 0) is 19.3 Å². The Kier molecular flexibility index (Phi) is 15.2. The van der Waals surface area contributed by atoms with Crippen molar-refractivity contribution in [1.82, 2.24) is 0 Å². The first-order chi connectivity index (χ1) is 10.2. The van der Waals surface area contributed by atoms with Gasteiger partial charge in [-0.1, -0.05) is 64.7 Å². The summed E-state index contributed by atoms with van der Waals surface area (Å²) in [6, 6.07) is 0. The van der Waals surface area contributed by atoms with Crippen molar-refractivity contribution in [1.29, 1.82) is 0 Å². The van der Waals surface area contributed by atoms with E-state index in [-0.39, 0.29) is 18.1 Å². The second-order valence-electron chi connectivity index (χ2n) is 6.01. The molecule has 3 nitrogen and oxygen atoms in total. The third-order valence-corrected chi connectivity index (χ3v) is 3.92. The fourth-order valence-corrected chi connectivity index (χ4v) is 2.47. The van der Waals surface area contributed by atoms with Crippen LogP contribution >= 0.6 is 0 Å². The van der Waals surface area contributed by atoms with Gasteiger partial charge in [0.1, 0.15) is 11.5 Å². The fraction of sp³-hybridized carbons (Fsp3) is 0.889. The maximum absolute atomic E-state index is 9.80. The Labute approximate surface area is 131 Å². The van der Waals surface area contributed by atoms with Crippen LogP contribution in [0.2, 0.25) is 0 Å². The van der Waals surface area contributed by atoms with Crippen LogP contribution in [0.4, 0.5) is 0 Å². The number of rotatable bonds is 15. The quantitative estimate of drug-likeness (QED) is 0.265. The summed E-state index contributed by atoms with van der Waals surface area (Å²) in [6.07, 6.45) is 14.7. The molecule has 0 amide bonds. The Morgan fingerprint density at radius 1 is 0.571 bits per heavy atom. The molecule has 0 aromatic carbocycles. The molecule has 0 bridgehead atoms.